The molecule has 3 aromatic rings. The van der Waals surface area contributed by atoms with Crippen LogP contribution in [0.25, 0.3) is 10.6 Å². The molecule has 168 valence electrons. The highest BCUT2D eigenvalue weighted by atomic mass is 32.1. The summed E-state index contributed by atoms with van der Waals surface area (Å²) in [7, 11) is 1.66. The lowest BCUT2D eigenvalue weighted by Gasteiger charge is -2.30. The van der Waals surface area contributed by atoms with Gasteiger partial charge in [0.2, 0.25) is 0 Å². The number of benzene rings is 2. The summed E-state index contributed by atoms with van der Waals surface area (Å²) in [6.45, 7) is 3.99. The van der Waals surface area contributed by atoms with Crippen molar-refractivity contribution in [3.05, 3.63) is 53.5 Å². The summed E-state index contributed by atoms with van der Waals surface area (Å²) in [6.07, 6.45) is 1.74. The standard InChI is InChI=1S/C24H27N3O4S/c1-3-30-18-8-10-19(11-9-18)31-16-22(28)27-14-12-17(13-15-27)23-25-26-24(32-23)20-6-4-5-7-21(20)29-2/h4-11,17H,3,12-16H2,1-2H3. The van der Waals surface area contributed by atoms with Crippen LogP contribution in [0.1, 0.15) is 30.7 Å². The molecule has 8 heteroatoms. The zero-order chi connectivity index (χ0) is 22.3. The Bertz CT molecular complexity index is 1030. The molecule has 0 saturated carbocycles. The van der Waals surface area contributed by atoms with Gasteiger partial charge in [0, 0.05) is 19.0 Å². The van der Waals surface area contributed by atoms with Crippen LogP contribution in [0.5, 0.6) is 17.2 Å². The van der Waals surface area contributed by atoms with E-state index in [2.05, 4.69) is 10.2 Å². The van der Waals surface area contributed by atoms with E-state index >= 15 is 0 Å². The van der Waals surface area contributed by atoms with E-state index in [1.165, 1.54) is 0 Å². The Morgan fingerprint density at radius 3 is 2.41 bits per heavy atom. The molecule has 0 spiro atoms. The quantitative estimate of drug-likeness (QED) is 0.503. The van der Waals surface area contributed by atoms with E-state index < -0.39 is 0 Å². The second-order valence-corrected chi connectivity index (χ2v) is 8.50. The molecular weight excluding hydrogens is 426 g/mol. The highest BCUT2D eigenvalue weighted by molar-refractivity contribution is 7.14. The summed E-state index contributed by atoms with van der Waals surface area (Å²) in [5.41, 5.74) is 0.956. The van der Waals surface area contributed by atoms with Crippen molar-refractivity contribution in [2.75, 3.05) is 33.4 Å². The first-order valence-corrected chi connectivity index (χ1v) is 11.6. The third-order valence-corrected chi connectivity index (χ3v) is 6.59. The van der Waals surface area contributed by atoms with E-state index in [-0.39, 0.29) is 12.5 Å². The molecule has 1 aliphatic rings. The minimum atomic E-state index is 0.00399. The summed E-state index contributed by atoms with van der Waals surface area (Å²) in [5.74, 6) is 2.56. The Morgan fingerprint density at radius 2 is 1.72 bits per heavy atom. The molecule has 1 saturated heterocycles. The number of piperidine rings is 1. The fraction of sp³-hybridized carbons (Fsp3) is 0.375. The van der Waals surface area contributed by atoms with Crippen molar-refractivity contribution < 1.29 is 19.0 Å². The summed E-state index contributed by atoms with van der Waals surface area (Å²) in [4.78, 5) is 14.4. The van der Waals surface area contributed by atoms with Crippen molar-refractivity contribution >= 4 is 17.2 Å². The largest absolute Gasteiger partial charge is 0.496 e. The monoisotopic (exact) mass is 453 g/mol. The van der Waals surface area contributed by atoms with E-state index in [1.54, 1.807) is 18.4 Å². The van der Waals surface area contributed by atoms with Crippen LogP contribution in [-0.4, -0.2) is 54.4 Å². The van der Waals surface area contributed by atoms with Crippen molar-refractivity contribution in [2.45, 2.75) is 25.7 Å². The maximum atomic E-state index is 12.6. The first kappa shape index (κ1) is 22.1. The van der Waals surface area contributed by atoms with E-state index in [1.807, 2.05) is 60.4 Å². The minimum Gasteiger partial charge on any atom is -0.496 e. The number of likely N-dealkylation sites (tertiary alicyclic amines) is 1. The van der Waals surface area contributed by atoms with Crippen LogP contribution in [0.3, 0.4) is 0 Å². The van der Waals surface area contributed by atoms with E-state index in [0.717, 1.165) is 39.9 Å². The average Bonchev–Trinajstić information content (AvgIpc) is 3.34. The Labute approximate surface area is 191 Å². The number of nitrogens with zero attached hydrogens (tertiary/aromatic N) is 3. The van der Waals surface area contributed by atoms with Gasteiger partial charge in [-0.2, -0.15) is 0 Å². The molecular formula is C24H27N3O4S. The second kappa shape index (κ2) is 10.5. The predicted molar refractivity (Wildman–Crippen MR) is 124 cm³/mol. The summed E-state index contributed by atoms with van der Waals surface area (Å²) in [5, 5.41) is 10.7. The van der Waals surface area contributed by atoms with Crippen LogP contribution in [0.4, 0.5) is 0 Å². The van der Waals surface area contributed by atoms with Crippen molar-refractivity contribution in [3.8, 4) is 27.8 Å². The summed E-state index contributed by atoms with van der Waals surface area (Å²) in [6, 6.07) is 15.2. The van der Waals surface area contributed by atoms with Crippen LogP contribution in [0.15, 0.2) is 48.5 Å². The zero-order valence-corrected chi connectivity index (χ0v) is 19.1. The number of carbonyl (C=O) groups is 1. The van der Waals surface area contributed by atoms with Gasteiger partial charge in [-0.25, -0.2) is 0 Å². The number of aromatic nitrogens is 2. The van der Waals surface area contributed by atoms with Crippen LogP contribution in [-0.2, 0) is 4.79 Å². The SMILES string of the molecule is CCOc1ccc(OCC(=O)N2CCC(c3nnc(-c4ccccc4OC)s3)CC2)cc1. The lowest BCUT2D eigenvalue weighted by atomic mass is 9.98. The van der Waals surface area contributed by atoms with E-state index in [4.69, 9.17) is 14.2 Å². The van der Waals surface area contributed by atoms with Crippen molar-refractivity contribution in [3.63, 3.8) is 0 Å². The van der Waals surface area contributed by atoms with Gasteiger partial charge in [-0.1, -0.05) is 23.5 Å². The Balaban J connectivity index is 1.28. The number of carbonyl (C=O) groups excluding carboxylic acids is 1. The number of para-hydroxylation sites is 1. The molecule has 0 N–H and O–H groups in total. The fourth-order valence-corrected chi connectivity index (χ4v) is 4.78. The van der Waals surface area contributed by atoms with Gasteiger partial charge >= 0.3 is 0 Å². The molecule has 2 heterocycles. The molecule has 0 radical (unpaired) electrons. The first-order chi connectivity index (χ1) is 15.7. The van der Waals surface area contributed by atoms with Crippen molar-refractivity contribution in [2.24, 2.45) is 0 Å². The maximum absolute atomic E-state index is 12.6. The Hall–Kier alpha value is -3.13. The van der Waals surface area contributed by atoms with Crippen molar-refractivity contribution in [1.29, 1.82) is 0 Å². The predicted octanol–water partition coefficient (Wildman–Crippen LogP) is 4.40. The smallest absolute Gasteiger partial charge is 0.260 e. The van der Waals surface area contributed by atoms with Gasteiger partial charge in [0.15, 0.2) is 11.6 Å². The molecule has 0 unspecified atom stereocenters. The van der Waals surface area contributed by atoms with Crippen LogP contribution in [0.2, 0.25) is 0 Å². The minimum absolute atomic E-state index is 0.00399. The Morgan fingerprint density at radius 1 is 1.03 bits per heavy atom. The molecule has 7 nitrogen and oxygen atoms in total. The lowest BCUT2D eigenvalue weighted by Crippen LogP contribution is -2.40. The number of hydrogen-bond acceptors (Lipinski definition) is 7. The lowest BCUT2D eigenvalue weighted by molar-refractivity contribution is -0.134. The molecule has 1 aliphatic heterocycles. The number of hydrogen-bond donors (Lipinski definition) is 0. The van der Waals surface area contributed by atoms with Crippen LogP contribution in [0, 0.1) is 0 Å². The normalized spacial score (nSPS) is 14.2. The number of methoxy groups -OCH3 is 1. The van der Waals surface area contributed by atoms with Gasteiger partial charge in [0.1, 0.15) is 22.3 Å². The van der Waals surface area contributed by atoms with E-state index in [9.17, 15) is 4.79 Å². The molecule has 1 aromatic heterocycles. The molecule has 2 aromatic carbocycles. The van der Waals surface area contributed by atoms with Crippen LogP contribution < -0.4 is 14.2 Å². The van der Waals surface area contributed by atoms with E-state index in [0.29, 0.717) is 31.4 Å². The van der Waals surface area contributed by atoms with Crippen molar-refractivity contribution in [1.82, 2.24) is 15.1 Å². The molecule has 0 bridgehead atoms. The molecule has 1 amide bonds. The fourth-order valence-electron chi connectivity index (χ4n) is 3.74. The summed E-state index contributed by atoms with van der Waals surface area (Å²) < 4.78 is 16.5. The second-order valence-electron chi connectivity index (χ2n) is 7.49. The number of ether oxygens (including phenoxy) is 3. The molecule has 0 aliphatic carbocycles. The Kier molecular flexibility index (Phi) is 7.21. The maximum Gasteiger partial charge on any atom is 0.260 e. The van der Waals surface area contributed by atoms with Gasteiger partial charge in [0.25, 0.3) is 5.91 Å². The van der Waals surface area contributed by atoms with Gasteiger partial charge in [-0.05, 0) is 56.2 Å². The number of rotatable bonds is 8. The zero-order valence-electron chi connectivity index (χ0n) is 18.3. The molecule has 4 rings (SSSR count). The summed E-state index contributed by atoms with van der Waals surface area (Å²) >= 11 is 1.60. The van der Waals surface area contributed by atoms with Gasteiger partial charge in [-0.3, -0.25) is 4.79 Å². The van der Waals surface area contributed by atoms with Gasteiger partial charge in [-0.15, -0.1) is 10.2 Å². The van der Waals surface area contributed by atoms with Gasteiger partial charge < -0.3 is 19.1 Å². The molecule has 32 heavy (non-hydrogen) atoms. The van der Waals surface area contributed by atoms with Gasteiger partial charge in [0.05, 0.1) is 19.3 Å². The highest BCUT2D eigenvalue weighted by Crippen LogP contribution is 2.36. The van der Waals surface area contributed by atoms with Crippen LogP contribution >= 0.6 is 11.3 Å². The highest BCUT2D eigenvalue weighted by Gasteiger charge is 2.27. The molecule has 0 atom stereocenters. The third-order valence-electron chi connectivity index (χ3n) is 5.47. The topological polar surface area (TPSA) is 73.8 Å². The first-order valence-electron chi connectivity index (χ1n) is 10.8. The molecule has 1 fully saturated rings. The average molecular weight is 454 g/mol. The third kappa shape index (κ3) is 5.19. The number of amides is 1.